The van der Waals surface area contributed by atoms with Crippen LogP contribution in [-0.2, 0) is 28.3 Å². The van der Waals surface area contributed by atoms with Crippen LogP contribution < -0.4 is 0 Å². The molecule has 5 heteroatoms. The Bertz CT molecular complexity index is 13.5. The molecule has 0 saturated heterocycles. The van der Waals surface area contributed by atoms with E-state index in [4.69, 9.17) is 0 Å². The van der Waals surface area contributed by atoms with E-state index in [0.29, 0.717) is 0 Å². The van der Waals surface area contributed by atoms with Crippen molar-refractivity contribution in [2.24, 2.45) is 0 Å². The second-order valence-corrected chi connectivity index (χ2v) is 0. The zero-order valence-corrected chi connectivity index (χ0v) is 6.73. The number of hydrogen-bond acceptors (Lipinski definition) is 0. The van der Waals surface area contributed by atoms with Crippen molar-refractivity contribution in [1.82, 2.24) is 0 Å². The van der Waals surface area contributed by atoms with Crippen LogP contribution >= 0.6 is 0 Å². The van der Waals surface area contributed by atoms with Crippen molar-refractivity contribution >= 4 is 27.6 Å². The van der Waals surface area contributed by atoms with Crippen molar-refractivity contribution in [1.29, 1.82) is 0 Å². The molecule has 0 bridgehead atoms. The van der Waals surface area contributed by atoms with Crippen LogP contribution in [0.5, 0.6) is 0 Å². The predicted octanol–water partition coefficient (Wildman–Crippen LogP) is -0.418. The fraction of sp³-hybridized carbons (Fsp3) is 1.00. The van der Waals surface area contributed by atoms with Gasteiger partial charge in [0.1, 0.15) is 0 Å². The van der Waals surface area contributed by atoms with Gasteiger partial charge in [0.15, 0.2) is 0 Å². The Morgan fingerprint density at radius 2 is 1.00 bits per heavy atom. The molecule has 0 aromatic carbocycles. The summed E-state index contributed by atoms with van der Waals surface area (Å²) in [5, 5.41) is 0. The summed E-state index contributed by atoms with van der Waals surface area (Å²) in [6.45, 7) is 1.81. The third kappa shape index (κ3) is 63.6. The second kappa shape index (κ2) is 116. The van der Waals surface area contributed by atoms with E-state index in [0.717, 1.165) is 0 Å². The molecule has 6 heavy (non-hydrogen) atoms. The molecule has 0 fully saturated rings. The summed E-state index contributed by atoms with van der Waals surface area (Å²) in [5.74, 6) is 0. The van der Waals surface area contributed by atoms with Crippen LogP contribution in [0.4, 0.5) is 0 Å². The second-order valence-electron chi connectivity index (χ2n) is 0. The summed E-state index contributed by atoms with van der Waals surface area (Å²) < 4.78 is 0. The maximum atomic E-state index is 2.97. The Morgan fingerprint density at radius 1 is 1.00 bits per heavy atom. The molecule has 1 radical (unpaired) electrons. The minimum atomic E-state index is 0. The Hall–Kier alpha value is 1.20. The smallest absolute Gasteiger partial charge is 2.00 e. The van der Waals surface area contributed by atoms with Crippen LogP contribution in [0.15, 0.2) is 0 Å². The monoisotopic (exact) mass is 154 g/mol. The molecular formula is CH3AlCrO2Si+5. The van der Waals surface area contributed by atoms with E-state index in [9.17, 15) is 0 Å². The summed E-state index contributed by atoms with van der Waals surface area (Å²) in [6, 6.07) is 0. The molecule has 0 unspecified atom stereocenters. The Balaban J connectivity index is -0.000000000833. The fourth-order valence-corrected chi connectivity index (χ4v) is 0. The Labute approximate surface area is 62.6 Å². The molecule has 27 valence electrons. The van der Waals surface area contributed by atoms with Crippen LogP contribution in [-0.4, -0.2) is 27.6 Å². The molecule has 2 nitrogen and oxygen atoms in total. The van der Waals surface area contributed by atoms with E-state index in [1.165, 1.54) is 0 Å². The first-order valence-electron chi connectivity index (χ1n) is 0.500. The maximum Gasteiger partial charge on any atom is 3.00 e. The van der Waals surface area contributed by atoms with Crippen LogP contribution in [0.2, 0.25) is 6.55 Å². The van der Waals surface area contributed by atoms with Gasteiger partial charge in [-0.25, -0.2) is 0 Å². The minimum Gasteiger partial charge on any atom is -2.00 e. The predicted molar refractivity (Wildman–Crippen MR) is 18.7 cm³/mol. The number of hydrogen-bond donors (Lipinski definition) is 0. The van der Waals surface area contributed by atoms with Crippen molar-refractivity contribution in [3.05, 3.63) is 0 Å². The topological polar surface area (TPSA) is 57.0 Å². The first-order valence-corrected chi connectivity index (χ1v) is 1.50. The average Bonchev–Trinajstić information content (AvgIpc) is 1.00. The first kappa shape index (κ1) is 57.1. The van der Waals surface area contributed by atoms with E-state index >= 15 is 0 Å². The normalized spacial score (nSPS) is 1.17. The fourth-order valence-electron chi connectivity index (χ4n) is 0. The molecule has 0 rings (SSSR count). The molecule has 0 heterocycles. The van der Waals surface area contributed by atoms with E-state index in [-0.39, 0.29) is 45.7 Å². The summed E-state index contributed by atoms with van der Waals surface area (Å²) in [7, 11) is 2.97. The van der Waals surface area contributed by atoms with Crippen LogP contribution in [0, 0.1) is 0 Å². The maximum absolute atomic E-state index is 2.97. The molecule has 0 aliphatic carbocycles. The van der Waals surface area contributed by atoms with Crippen molar-refractivity contribution in [2.75, 3.05) is 0 Å². The molecule has 0 aromatic rings. The quantitative estimate of drug-likeness (QED) is 0.425. The zero-order valence-electron chi connectivity index (χ0n) is 3.30. The molecule has 0 aromatic heterocycles. The van der Waals surface area contributed by atoms with Gasteiger partial charge in [-0.1, -0.05) is 0 Å². The summed E-state index contributed by atoms with van der Waals surface area (Å²) in [5.41, 5.74) is 0. The van der Waals surface area contributed by atoms with Crippen molar-refractivity contribution in [3.63, 3.8) is 0 Å². The molecule has 0 aliphatic heterocycles. The van der Waals surface area contributed by atoms with Gasteiger partial charge < -0.3 is 11.0 Å². The standard InChI is InChI=1S/CH3Si.Al.Cr.2O/c1-2;;;;/h1H3;;;;/q3*+3;2*-2. The molecule has 0 aliphatic rings. The van der Waals surface area contributed by atoms with Gasteiger partial charge in [-0.15, -0.1) is 0 Å². The van der Waals surface area contributed by atoms with Gasteiger partial charge in [0, 0.05) is 0 Å². The molecule has 0 amide bonds. The summed E-state index contributed by atoms with van der Waals surface area (Å²) in [4.78, 5) is 0. The van der Waals surface area contributed by atoms with Crippen molar-refractivity contribution < 1.29 is 28.3 Å². The molecule has 0 saturated carbocycles. The molecule has 0 N–H and O–H groups in total. The van der Waals surface area contributed by atoms with Gasteiger partial charge in [0.25, 0.3) is 0 Å². The van der Waals surface area contributed by atoms with Gasteiger partial charge >= 0.3 is 51.5 Å². The largest absolute Gasteiger partial charge is 3.00 e. The third-order valence-corrected chi connectivity index (χ3v) is 0. The van der Waals surface area contributed by atoms with Gasteiger partial charge in [0.05, 0.1) is 0 Å². The number of rotatable bonds is 0. The van der Waals surface area contributed by atoms with Gasteiger partial charge in [0.2, 0.25) is 0 Å². The van der Waals surface area contributed by atoms with Gasteiger partial charge in [-0.05, 0) is 0 Å². The van der Waals surface area contributed by atoms with Gasteiger partial charge in [-0.3, -0.25) is 0 Å². The molecular weight excluding hydrogens is 151 g/mol. The van der Waals surface area contributed by atoms with E-state index in [2.05, 4.69) is 10.2 Å². The third-order valence-electron chi connectivity index (χ3n) is 0. The summed E-state index contributed by atoms with van der Waals surface area (Å²) >= 11 is 0. The van der Waals surface area contributed by atoms with Crippen molar-refractivity contribution in [3.8, 4) is 0 Å². The molecule has 0 atom stereocenters. The van der Waals surface area contributed by atoms with E-state index < -0.39 is 0 Å². The SMILES string of the molecule is C[Si+3].[Al+3].[Cr+3].[O-2].[O-2]. The van der Waals surface area contributed by atoms with Crippen molar-refractivity contribution in [2.45, 2.75) is 6.55 Å². The average molecular weight is 154 g/mol. The first-order chi connectivity index (χ1) is 1.00. The van der Waals surface area contributed by atoms with E-state index in [1.807, 2.05) is 0 Å². The van der Waals surface area contributed by atoms with Crippen LogP contribution in [0.3, 0.4) is 0 Å². The summed E-state index contributed by atoms with van der Waals surface area (Å²) in [6.07, 6.45) is 0. The Kier molecular flexibility index (Phi) is 1110. The Morgan fingerprint density at radius 3 is 1.00 bits per heavy atom. The molecule has 0 spiro atoms. The van der Waals surface area contributed by atoms with Crippen LogP contribution in [0.1, 0.15) is 0 Å². The van der Waals surface area contributed by atoms with Crippen LogP contribution in [0.25, 0.3) is 0 Å². The van der Waals surface area contributed by atoms with E-state index in [1.54, 1.807) is 6.55 Å². The minimum absolute atomic E-state index is 0. The zero-order chi connectivity index (χ0) is 2.00. The van der Waals surface area contributed by atoms with Gasteiger partial charge in [-0.2, -0.15) is 0 Å².